The van der Waals surface area contributed by atoms with Gasteiger partial charge < -0.3 is 5.32 Å². The second-order valence-corrected chi connectivity index (χ2v) is 3.37. The Morgan fingerprint density at radius 2 is 2.00 bits per heavy atom. The summed E-state index contributed by atoms with van der Waals surface area (Å²) in [6, 6.07) is 0.780. The topological polar surface area (TPSA) is 12.0 Å². The molecule has 1 nitrogen and oxygen atoms in total. The van der Waals surface area contributed by atoms with Crippen molar-refractivity contribution in [3.05, 3.63) is 0 Å². The van der Waals surface area contributed by atoms with Gasteiger partial charge in [0.1, 0.15) is 0 Å². The van der Waals surface area contributed by atoms with Crippen LogP contribution in [0, 0.1) is 5.41 Å². The zero-order valence-electron chi connectivity index (χ0n) is 6.40. The molecule has 1 aliphatic carbocycles. The Hall–Kier alpha value is 0.250. The molecule has 0 saturated heterocycles. The molecule has 9 heavy (non-hydrogen) atoms. The minimum atomic E-state index is 0. The lowest BCUT2D eigenvalue weighted by molar-refractivity contribution is 0.117. The molecule has 0 aromatic rings. The van der Waals surface area contributed by atoms with Crippen LogP contribution >= 0.6 is 12.4 Å². The van der Waals surface area contributed by atoms with Crippen LogP contribution in [0.5, 0.6) is 0 Å². The first-order chi connectivity index (χ1) is 3.67. The molecular formula is C7H16ClN. The fourth-order valence-corrected chi connectivity index (χ4v) is 1.40. The van der Waals surface area contributed by atoms with Gasteiger partial charge in [0.2, 0.25) is 0 Å². The molecule has 0 aromatic heterocycles. The van der Waals surface area contributed by atoms with Crippen molar-refractivity contribution in [1.29, 1.82) is 0 Å². The van der Waals surface area contributed by atoms with Crippen LogP contribution in [-0.2, 0) is 0 Å². The van der Waals surface area contributed by atoms with Gasteiger partial charge in [-0.1, -0.05) is 13.8 Å². The van der Waals surface area contributed by atoms with E-state index in [0.29, 0.717) is 5.41 Å². The molecule has 0 aromatic carbocycles. The summed E-state index contributed by atoms with van der Waals surface area (Å²) in [5.74, 6) is 0. The quantitative estimate of drug-likeness (QED) is 0.600. The van der Waals surface area contributed by atoms with Crippen molar-refractivity contribution >= 4 is 12.4 Å². The number of nitrogens with one attached hydrogen (secondary N) is 1. The fourth-order valence-electron chi connectivity index (χ4n) is 1.40. The van der Waals surface area contributed by atoms with E-state index in [2.05, 4.69) is 19.2 Å². The Balaban J connectivity index is 0.000000640. The van der Waals surface area contributed by atoms with Crippen LogP contribution in [0.15, 0.2) is 0 Å². The summed E-state index contributed by atoms with van der Waals surface area (Å²) < 4.78 is 0. The lowest BCUT2D eigenvalue weighted by Gasteiger charge is -2.44. The summed E-state index contributed by atoms with van der Waals surface area (Å²) in [7, 11) is 2.05. The van der Waals surface area contributed by atoms with E-state index in [0.717, 1.165) is 6.04 Å². The van der Waals surface area contributed by atoms with Crippen molar-refractivity contribution < 1.29 is 0 Å². The monoisotopic (exact) mass is 149 g/mol. The van der Waals surface area contributed by atoms with E-state index in [9.17, 15) is 0 Å². The summed E-state index contributed by atoms with van der Waals surface area (Å²) in [4.78, 5) is 0. The fraction of sp³-hybridized carbons (Fsp3) is 1.00. The molecule has 2 heteroatoms. The highest BCUT2D eigenvalue weighted by Gasteiger charge is 2.36. The van der Waals surface area contributed by atoms with Crippen molar-refractivity contribution in [2.75, 3.05) is 7.05 Å². The second-order valence-electron chi connectivity index (χ2n) is 3.37. The third-order valence-corrected chi connectivity index (χ3v) is 2.37. The van der Waals surface area contributed by atoms with E-state index >= 15 is 0 Å². The molecule has 1 rings (SSSR count). The first-order valence-corrected chi connectivity index (χ1v) is 3.34. The Morgan fingerprint density at radius 1 is 1.44 bits per heavy atom. The molecule has 0 aliphatic heterocycles. The van der Waals surface area contributed by atoms with Gasteiger partial charge in [-0.2, -0.15) is 0 Å². The van der Waals surface area contributed by atoms with Gasteiger partial charge in [-0.15, -0.1) is 12.4 Å². The molecule has 1 atom stereocenters. The third-order valence-electron chi connectivity index (χ3n) is 2.37. The SMILES string of the molecule is CNC1CCC1(C)C.Cl. The van der Waals surface area contributed by atoms with Gasteiger partial charge in [-0.25, -0.2) is 0 Å². The number of hydrogen-bond acceptors (Lipinski definition) is 1. The van der Waals surface area contributed by atoms with Gasteiger partial charge in [0, 0.05) is 6.04 Å². The molecule has 0 heterocycles. The van der Waals surface area contributed by atoms with Gasteiger partial charge in [0.25, 0.3) is 0 Å². The molecule has 1 aliphatic rings. The molecule has 56 valence electrons. The number of rotatable bonds is 1. The smallest absolute Gasteiger partial charge is 0.0115 e. The summed E-state index contributed by atoms with van der Waals surface area (Å²) >= 11 is 0. The molecule has 0 bridgehead atoms. The average molecular weight is 150 g/mol. The summed E-state index contributed by atoms with van der Waals surface area (Å²) in [5, 5.41) is 3.29. The Kier molecular flexibility index (Phi) is 2.97. The van der Waals surface area contributed by atoms with Crippen LogP contribution in [0.2, 0.25) is 0 Å². The molecule has 0 spiro atoms. The maximum Gasteiger partial charge on any atom is 0.0115 e. The molecule has 1 N–H and O–H groups in total. The average Bonchev–Trinajstić information content (AvgIpc) is 1.66. The highest BCUT2D eigenvalue weighted by atomic mass is 35.5. The molecule has 1 fully saturated rings. The van der Waals surface area contributed by atoms with Crippen molar-refractivity contribution in [2.24, 2.45) is 5.41 Å². The van der Waals surface area contributed by atoms with Crippen molar-refractivity contribution in [3.8, 4) is 0 Å². The summed E-state index contributed by atoms with van der Waals surface area (Å²) in [5.41, 5.74) is 0.578. The minimum Gasteiger partial charge on any atom is -0.316 e. The van der Waals surface area contributed by atoms with Crippen LogP contribution in [0.1, 0.15) is 26.7 Å². The highest BCUT2D eigenvalue weighted by molar-refractivity contribution is 5.85. The number of hydrogen-bond donors (Lipinski definition) is 1. The zero-order valence-corrected chi connectivity index (χ0v) is 7.22. The second kappa shape index (κ2) is 2.89. The van der Waals surface area contributed by atoms with Gasteiger partial charge >= 0.3 is 0 Å². The Labute approximate surface area is 63.6 Å². The maximum absolute atomic E-state index is 3.29. The summed E-state index contributed by atoms with van der Waals surface area (Å²) in [6.07, 6.45) is 2.75. The van der Waals surface area contributed by atoms with Gasteiger partial charge in [-0.05, 0) is 25.3 Å². The highest BCUT2D eigenvalue weighted by Crippen LogP contribution is 2.39. The lowest BCUT2D eigenvalue weighted by atomic mass is 9.67. The Morgan fingerprint density at radius 3 is 2.00 bits per heavy atom. The van der Waals surface area contributed by atoms with Crippen molar-refractivity contribution in [3.63, 3.8) is 0 Å². The molecule has 1 saturated carbocycles. The maximum atomic E-state index is 3.29. The van der Waals surface area contributed by atoms with Crippen LogP contribution in [0.3, 0.4) is 0 Å². The van der Waals surface area contributed by atoms with Crippen LogP contribution in [0.4, 0.5) is 0 Å². The van der Waals surface area contributed by atoms with E-state index in [1.807, 2.05) is 7.05 Å². The molecular weight excluding hydrogens is 134 g/mol. The largest absolute Gasteiger partial charge is 0.316 e. The van der Waals surface area contributed by atoms with E-state index < -0.39 is 0 Å². The standard InChI is InChI=1S/C7H15N.ClH/c1-7(2)5-4-6(7)8-3;/h6,8H,4-5H2,1-3H3;1H. The predicted molar refractivity (Wildman–Crippen MR) is 43.1 cm³/mol. The Bertz CT molecular complexity index is 88.9. The van der Waals surface area contributed by atoms with Crippen molar-refractivity contribution in [2.45, 2.75) is 32.7 Å². The minimum absolute atomic E-state index is 0. The normalized spacial score (nSPS) is 30.3. The van der Waals surface area contributed by atoms with E-state index in [1.54, 1.807) is 0 Å². The van der Waals surface area contributed by atoms with Crippen LogP contribution in [-0.4, -0.2) is 13.1 Å². The first-order valence-electron chi connectivity index (χ1n) is 3.34. The zero-order chi connectivity index (χ0) is 6.20. The van der Waals surface area contributed by atoms with E-state index in [-0.39, 0.29) is 12.4 Å². The number of halogens is 1. The van der Waals surface area contributed by atoms with Crippen molar-refractivity contribution in [1.82, 2.24) is 5.32 Å². The summed E-state index contributed by atoms with van der Waals surface area (Å²) in [6.45, 7) is 4.63. The van der Waals surface area contributed by atoms with Crippen LogP contribution < -0.4 is 5.32 Å². The molecule has 0 amide bonds. The predicted octanol–water partition coefficient (Wildman–Crippen LogP) is 1.82. The van der Waals surface area contributed by atoms with Crippen LogP contribution in [0.25, 0.3) is 0 Å². The van der Waals surface area contributed by atoms with Gasteiger partial charge in [-0.3, -0.25) is 0 Å². The molecule has 1 unspecified atom stereocenters. The lowest BCUT2D eigenvalue weighted by Crippen LogP contribution is -2.48. The van der Waals surface area contributed by atoms with Gasteiger partial charge in [0.15, 0.2) is 0 Å². The first kappa shape index (κ1) is 9.25. The van der Waals surface area contributed by atoms with E-state index in [1.165, 1.54) is 12.8 Å². The van der Waals surface area contributed by atoms with E-state index in [4.69, 9.17) is 0 Å². The molecule has 0 radical (unpaired) electrons. The van der Waals surface area contributed by atoms with Gasteiger partial charge in [0.05, 0.1) is 0 Å². The third kappa shape index (κ3) is 1.59.